The Hall–Kier alpha value is -1.75. The number of likely N-dealkylation sites (tertiary alicyclic amines) is 1. The average Bonchev–Trinajstić information content (AvgIpc) is 2.85. The van der Waals surface area contributed by atoms with E-state index in [9.17, 15) is 4.39 Å². The lowest BCUT2D eigenvalue weighted by atomic mass is 9.95. The van der Waals surface area contributed by atoms with E-state index in [0.717, 1.165) is 24.9 Å². The van der Waals surface area contributed by atoms with E-state index in [0.29, 0.717) is 18.3 Å². The van der Waals surface area contributed by atoms with Crippen molar-refractivity contribution in [3.8, 4) is 0 Å². The van der Waals surface area contributed by atoms with Gasteiger partial charge < -0.3 is 4.42 Å². The molecule has 0 aliphatic carbocycles. The molecule has 0 amide bonds. The zero-order valence-corrected chi connectivity index (χ0v) is 11.6. The predicted octanol–water partition coefficient (Wildman–Crippen LogP) is 3.24. The fourth-order valence-corrected chi connectivity index (χ4v) is 2.85. The van der Waals surface area contributed by atoms with Crippen LogP contribution in [0.4, 0.5) is 4.39 Å². The molecule has 1 aromatic carbocycles. The highest BCUT2D eigenvalue weighted by atomic mass is 19.1. The number of hydrogen-bond donors (Lipinski definition) is 0. The first-order chi connectivity index (χ1) is 9.72. The van der Waals surface area contributed by atoms with Gasteiger partial charge >= 0.3 is 0 Å². The summed E-state index contributed by atoms with van der Waals surface area (Å²) in [6, 6.07) is 7.10. The molecule has 1 fully saturated rings. The average molecular weight is 275 g/mol. The third kappa shape index (κ3) is 2.88. The monoisotopic (exact) mass is 275 g/mol. The van der Waals surface area contributed by atoms with E-state index in [4.69, 9.17) is 4.42 Å². The lowest BCUT2D eigenvalue weighted by Crippen LogP contribution is -2.33. The first-order valence-corrected chi connectivity index (χ1v) is 7.01. The summed E-state index contributed by atoms with van der Waals surface area (Å²) in [6.07, 6.45) is 3.36. The summed E-state index contributed by atoms with van der Waals surface area (Å²) >= 11 is 0. The smallest absolute Gasteiger partial charge is 0.230 e. The molecule has 2 aromatic rings. The normalized spacial score (nSPS) is 20.2. The van der Waals surface area contributed by atoms with E-state index in [1.54, 1.807) is 19.1 Å². The Bertz CT molecular complexity index is 584. The van der Waals surface area contributed by atoms with Crippen molar-refractivity contribution in [3.63, 3.8) is 0 Å². The first kappa shape index (κ1) is 13.2. The van der Waals surface area contributed by atoms with Crippen molar-refractivity contribution < 1.29 is 8.81 Å². The van der Waals surface area contributed by atoms with Crippen LogP contribution in [0.1, 0.15) is 42.6 Å². The highest BCUT2D eigenvalue weighted by Gasteiger charge is 2.25. The van der Waals surface area contributed by atoms with E-state index in [-0.39, 0.29) is 11.9 Å². The molecule has 0 saturated carbocycles. The quantitative estimate of drug-likeness (QED) is 0.862. The number of piperidine rings is 1. The zero-order chi connectivity index (χ0) is 13.9. The number of nitrogens with zero attached hydrogens (tertiary/aromatic N) is 3. The molecule has 0 radical (unpaired) electrons. The van der Waals surface area contributed by atoms with Gasteiger partial charge in [0.05, 0.1) is 6.54 Å². The van der Waals surface area contributed by atoms with Crippen molar-refractivity contribution in [2.24, 2.45) is 0 Å². The van der Waals surface area contributed by atoms with Crippen LogP contribution in [0.2, 0.25) is 0 Å². The summed E-state index contributed by atoms with van der Waals surface area (Å²) < 4.78 is 18.9. The van der Waals surface area contributed by atoms with Crippen LogP contribution in [0.15, 0.2) is 28.7 Å². The number of aromatic nitrogens is 2. The second-order valence-corrected chi connectivity index (χ2v) is 5.25. The topological polar surface area (TPSA) is 42.2 Å². The van der Waals surface area contributed by atoms with Crippen LogP contribution in [-0.4, -0.2) is 21.6 Å². The first-order valence-electron chi connectivity index (χ1n) is 7.01. The van der Waals surface area contributed by atoms with Gasteiger partial charge in [0.25, 0.3) is 0 Å². The molecule has 0 spiro atoms. The molecule has 0 bridgehead atoms. The maximum Gasteiger partial charge on any atom is 0.230 e. The van der Waals surface area contributed by atoms with Gasteiger partial charge in [-0.05, 0) is 37.1 Å². The lowest BCUT2D eigenvalue weighted by Gasteiger charge is -2.35. The molecule has 0 unspecified atom stereocenters. The van der Waals surface area contributed by atoms with Gasteiger partial charge in [0.2, 0.25) is 11.8 Å². The van der Waals surface area contributed by atoms with E-state index >= 15 is 0 Å². The maximum absolute atomic E-state index is 13.4. The van der Waals surface area contributed by atoms with Crippen molar-refractivity contribution >= 4 is 0 Å². The lowest BCUT2D eigenvalue weighted by molar-refractivity contribution is 0.127. The minimum Gasteiger partial charge on any atom is -0.424 e. The van der Waals surface area contributed by atoms with Gasteiger partial charge in [0.1, 0.15) is 5.82 Å². The molecule has 1 aliphatic rings. The number of benzene rings is 1. The van der Waals surface area contributed by atoms with Gasteiger partial charge in [0.15, 0.2) is 0 Å². The van der Waals surface area contributed by atoms with Crippen molar-refractivity contribution in [2.45, 2.75) is 38.8 Å². The highest BCUT2D eigenvalue weighted by Crippen LogP contribution is 2.32. The Labute approximate surface area is 117 Å². The molecule has 4 nitrogen and oxygen atoms in total. The maximum atomic E-state index is 13.4. The third-order valence-corrected chi connectivity index (χ3v) is 3.75. The van der Waals surface area contributed by atoms with Gasteiger partial charge in [-0.3, -0.25) is 4.90 Å². The molecule has 106 valence electrons. The number of aryl methyl sites for hydroxylation is 1. The van der Waals surface area contributed by atoms with E-state index < -0.39 is 0 Å². The standard InChI is InChI=1S/C15H18FN3O/c1-11-17-18-15(20-11)10-19-8-3-2-7-14(19)12-5-4-6-13(16)9-12/h4-6,9,14H,2-3,7-8,10H2,1H3/t14-/m0/s1. The molecule has 0 N–H and O–H groups in total. The SMILES string of the molecule is Cc1nnc(CN2CCCC[C@H]2c2cccc(F)c2)o1. The van der Waals surface area contributed by atoms with E-state index in [1.165, 1.54) is 12.5 Å². The fraction of sp³-hybridized carbons (Fsp3) is 0.467. The summed E-state index contributed by atoms with van der Waals surface area (Å²) in [5.74, 6) is 1.03. The van der Waals surface area contributed by atoms with Gasteiger partial charge in [-0.2, -0.15) is 0 Å². The van der Waals surface area contributed by atoms with Crippen molar-refractivity contribution in [3.05, 3.63) is 47.4 Å². The Kier molecular flexibility index (Phi) is 3.78. The second kappa shape index (κ2) is 5.71. The summed E-state index contributed by atoms with van der Waals surface area (Å²) in [7, 11) is 0. The molecule has 1 aromatic heterocycles. The largest absolute Gasteiger partial charge is 0.424 e. The molecule has 1 saturated heterocycles. The minimum absolute atomic E-state index is 0.179. The molecule has 1 atom stereocenters. The van der Waals surface area contributed by atoms with Crippen LogP contribution >= 0.6 is 0 Å². The Morgan fingerprint density at radius 1 is 1.35 bits per heavy atom. The Morgan fingerprint density at radius 3 is 3.00 bits per heavy atom. The highest BCUT2D eigenvalue weighted by molar-refractivity contribution is 5.20. The van der Waals surface area contributed by atoms with Crippen molar-refractivity contribution in [2.75, 3.05) is 6.54 Å². The van der Waals surface area contributed by atoms with Crippen molar-refractivity contribution in [1.82, 2.24) is 15.1 Å². The van der Waals surface area contributed by atoms with Crippen LogP contribution in [-0.2, 0) is 6.54 Å². The molecule has 5 heteroatoms. The van der Waals surface area contributed by atoms with Crippen LogP contribution in [0.3, 0.4) is 0 Å². The zero-order valence-electron chi connectivity index (χ0n) is 11.6. The third-order valence-electron chi connectivity index (χ3n) is 3.75. The van der Waals surface area contributed by atoms with Crippen LogP contribution < -0.4 is 0 Å². The Balaban J connectivity index is 1.80. The molecular weight excluding hydrogens is 257 g/mol. The van der Waals surface area contributed by atoms with Crippen LogP contribution in [0, 0.1) is 12.7 Å². The summed E-state index contributed by atoms with van der Waals surface area (Å²) in [6.45, 7) is 3.39. The number of rotatable bonds is 3. The van der Waals surface area contributed by atoms with Crippen molar-refractivity contribution in [1.29, 1.82) is 0 Å². The fourth-order valence-electron chi connectivity index (χ4n) is 2.85. The predicted molar refractivity (Wildman–Crippen MR) is 72.4 cm³/mol. The molecule has 1 aliphatic heterocycles. The molecular formula is C15H18FN3O. The second-order valence-electron chi connectivity index (χ2n) is 5.25. The molecule has 3 rings (SSSR count). The molecule has 2 heterocycles. The van der Waals surface area contributed by atoms with E-state index in [2.05, 4.69) is 15.1 Å². The van der Waals surface area contributed by atoms with Crippen LogP contribution in [0.25, 0.3) is 0 Å². The number of hydrogen-bond acceptors (Lipinski definition) is 4. The van der Waals surface area contributed by atoms with Gasteiger partial charge in [-0.25, -0.2) is 4.39 Å². The minimum atomic E-state index is -0.179. The Morgan fingerprint density at radius 2 is 2.25 bits per heavy atom. The van der Waals surface area contributed by atoms with Gasteiger partial charge in [-0.15, -0.1) is 10.2 Å². The summed E-state index contributed by atoms with van der Waals surface area (Å²) in [4.78, 5) is 2.30. The summed E-state index contributed by atoms with van der Waals surface area (Å²) in [5, 5.41) is 7.91. The van der Waals surface area contributed by atoms with Gasteiger partial charge in [-0.1, -0.05) is 18.6 Å². The number of halogens is 1. The van der Waals surface area contributed by atoms with Gasteiger partial charge in [0, 0.05) is 13.0 Å². The summed E-state index contributed by atoms with van der Waals surface area (Å²) in [5.41, 5.74) is 1.03. The molecule has 20 heavy (non-hydrogen) atoms. The van der Waals surface area contributed by atoms with E-state index in [1.807, 2.05) is 6.07 Å². The van der Waals surface area contributed by atoms with Crippen LogP contribution in [0.5, 0.6) is 0 Å².